The molecule has 0 rings (SSSR count). The van der Waals surface area contributed by atoms with Crippen LogP contribution in [0.4, 0.5) is 0 Å². The van der Waals surface area contributed by atoms with Crippen LogP contribution in [0.2, 0.25) is 0 Å². The fourth-order valence-corrected chi connectivity index (χ4v) is 1.06. The average molecular weight is 280 g/mol. The third kappa shape index (κ3) is 17.4. The van der Waals surface area contributed by atoms with Crippen LogP contribution in [0.5, 0.6) is 0 Å². The van der Waals surface area contributed by atoms with E-state index in [2.05, 4.69) is 36.8 Å². The van der Waals surface area contributed by atoms with Gasteiger partial charge in [-0.25, -0.2) is 0 Å². The summed E-state index contributed by atoms with van der Waals surface area (Å²) in [7, 11) is 7.73. The quantitative estimate of drug-likeness (QED) is 0.362. The summed E-state index contributed by atoms with van der Waals surface area (Å²) in [6.07, 6.45) is 0. The van der Waals surface area contributed by atoms with Crippen LogP contribution in [0.15, 0.2) is 0 Å². The van der Waals surface area contributed by atoms with Crippen molar-refractivity contribution in [3.05, 3.63) is 22.6 Å². The molecule has 0 aromatic carbocycles. The maximum Gasteiger partial charge on any atom is 4.00 e. The van der Waals surface area contributed by atoms with E-state index in [9.17, 15) is 0 Å². The molecular weight excluding hydrogens is 255 g/mol. The van der Waals surface area contributed by atoms with Crippen LogP contribution in [0.25, 0.3) is 16.0 Å². The Morgan fingerprint density at radius 1 is 0.812 bits per heavy atom. The molecule has 0 aliphatic heterocycles. The van der Waals surface area contributed by atoms with Crippen molar-refractivity contribution in [1.29, 1.82) is 0 Å². The Bertz CT molecular complexity index is 89.8. The molecule has 0 fully saturated rings. The third-order valence-corrected chi connectivity index (χ3v) is 1.92. The Balaban J connectivity index is -0.000000529. The molecule has 0 heterocycles. The van der Waals surface area contributed by atoms with Crippen LogP contribution in [0.1, 0.15) is 0 Å². The van der Waals surface area contributed by atoms with Gasteiger partial charge < -0.3 is 36.8 Å². The molecular formula is C10H25N4PTi. The molecule has 0 N–H and O–H groups in total. The molecule has 0 amide bonds. The van der Waals surface area contributed by atoms with E-state index in [0.29, 0.717) is 0 Å². The number of nitrogens with zero attached hydrogens (tertiary/aromatic N) is 4. The number of hydrogen-bond acceptors (Lipinski definition) is 1. The van der Waals surface area contributed by atoms with Gasteiger partial charge in [0.25, 0.3) is 0 Å². The zero-order valence-electron chi connectivity index (χ0n) is 10.8. The number of hydrogen-bond donors (Lipinski definition) is 0. The zero-order chi connectivity index (χ0) is 11.9. The first-order valence-electron chi connectivity index (χ1n) is 5.15. The van der Waals surface area contributed by atoms with Crippen LogP contribution in [-0.2, 0) is 21.7 Å². The van der Waals surface area contributed by atoms with Crippen molar-refractivity contribution >= 4 is 9.24 Å². The maximum atomic E-state index is 4.09. The van der Waals surface area contributed by atoms with Crippen LogP contribution in [-0.4, -0.2) is 65.3 Å². The molecule has 4 nitrogen and oxygen atoms in total. The van der Waals surface area contributed by atoms with E-state index >= 15 is 0 Å². The summed E-state index contributed by atoms with van der Waals surface area (Å²) in [6.45, 7) is 8.99. The summed E-state index contributed by atoms with van der Waals surface area (Å²) in [4.78, 5) is 2.35. The van der Waals surface area contributed by atoms with Crippen LogP contribution >= 0.6 is 9.24 Å². The van der Waals surface area contributed by atoms with Gasteiger partial charge in [0, 0.05) is 0 Å². The fraction of sp³-hybridized carbons (Fsp3) is 0.900. The molecule has 0 bridgehead atoms. The molecule has 0 radical (unpaired) electrons. The summed E-state index contributed by atoms with van der Waals surface area (Å²) < 4.78 is 0. The summed E-state index contributed by atoms with van der Waals surface area (Å²) >= 11 is 0. The summed E-state index contributed by atoms with van der Waals surface area (Å²) in [6, 6.07) is 0. The van der Waals surface area contributed by atoms with E-state index in [1.54, 1.807) is 0 Å². The first kappa shape index (κ1) is 22.2. The molecule has 0 aliphatic rings. The topological polar surface area (TPSA) is 45.5 Å². The Hall–Kier alpha value is 0.984. The zero-order valence-corrected chi connectivity index (χ0v) is 13.5. The van der Waals surface area contributed by atoms with E-state index in [1.807, 2.05) is 21.1 Å². The van der Waals surface area contributed by atoms with Crippen molar-refractivity contribution in [2.24, 2.45) is 0 Å². The van der Waals surface area contributed by atoms with Gasteiger partial charge in [0.1, 0.15) is 0 Å². The summed E-state index contributed by atoms with van der Waals surface area (Å²) in [5, 5.41) is 12.3. The van der Waals surface area contributed by atoms with Gasteiger partial charge in [-0.2, -0.15) is 21.1 Å². The van der Waals surface area contributed by atoms with Gasteiger partial charge in [0.15, 0.2) is 0 Å². The first-order chi connectivity index (χ1) is 7.35. The van der Waals surface area contributed by atoms with Crippen LogP contribution < -0.4 is 0 Å². The molecule has 0 saturated carbocycles. The Morgan fingerprint density at radius 2 is 1.06 bits per heavy atom. The molecule has 1 atom stereocenters. The Morgan fingerprint density at radius 3 is 1.25 bits per heavy atom. The summed E-state index contributed by atoms with van der Waals surface area (Å²) in [5.41, 5.74) is 0. The molecule has 0 spiro atoms. The molecule has 0 aromatic rings. The van der Waals surface area contributed by atoms with Crippen LogP contribution in [0, 0.1) is 6.66 Å². The molecule has 6 heteroatoms. The smallest absolute Gasteiger partial charge is 0.664 e. The fourth-order valence-electron chi connectivity index (χ4n) is 1.06. The largest absolute Gasteiger partial charge is 4.00 e. The molecule has 0 aliphatic carbocycles. The van der Waals surface area contributed by atoms with Crippen LogP contribution in [0.3, 0.4) is 0 Å². The minimum atomic E-state index is 0. The van der Waals surface area contributed by atoms with Crippen molar-refractivity contribution in [1.82, 2.24) is 4.90 Å². The standard InChI is InChI=1S/C9H21N4.CH4P.Ti/c1-10-4-7-13(8-5-11-2)9-6-12-3;1-2;/h4-9H2,1-3H3;1-2H2;/q-3;-1;+4. The number of rotatable bonds is 9. The van der Waals surface area contributed by atoms with Crippen molar-refractivity contribution in [3.63, 3.8) is 0 Å². The monoisotopic (exact) mass is 280 g/mol. The van der Waals surface area contributed by atoms with E-state index in [4.69, 9.17) is 0 Å². The third-order valence-electron chi connectivity index (χ3n) is 1.92. The van der Waals surface area contributed by atoms with E-state index in [1.165, 1.54) is 0 Å². The van der Waals surface area contributed by atoms with Crippen molar-refractivity contribution in [2.75, 3.05) is 60.4 Å². The SMILES string of the molecule is C[N-]CCN(CC[N-]C)CC[N-]C.[CH2-]P.[Ti+4]. The Labute approximate surface area is 119 Å². The van der Waals surface area contributed by atoms with Crippen molar-refractivity contribution in [3.8, 4) is 0 Å². The minimum Gasteiger partial charge on any atom is -0.664 e. The predicted molar refractivity (Wildman–Crippen MR) is 74.0 cm³/mol. The second kappa shape index (κ2) is 21.3. The molecule has 1 unspecified atom stereocenters. The molecule has 94 valence electrons. The summed E-state index contributed by atoms with van der Waals surface area (Å²) in [5.74, 6) is 0. The second-order valence-electron chi connectivity index (χ2n) is 2.96. The predicted octanol–water partition coefficient (Wildman–Crippen LogP) is 1.95. The molecule has 0 saturated heterocycles. The Kier molecular flexibility index (Phi) is 29.5. The van der Waals surface area contributed by atoms with Gasteiger partial charge in [-0.05, 0) is 19.6 Å². The van der Waals surface area contributed by atoms with Gasteiger partial charge in [-0.1, -0.05) is 0 Å². The van der Waals surface area contributed by atoms with Gasteiger partial charge >= 0.3 is 21.7 Å². The van der Waals surface area contributed by atoms with Gasteiger partial charge in [-0.15, -0.1) is 19.6 Å². The van der Waals surface area contributed by atoms with Crippen molar-refractivity contribution in [2.45, 2.75) is 0 Å². The van der Waals surface area contributed by atoms with Crippen molar-refractivity contribution < 1.29 is 21.7 Å². The molecule has 0 aromatic heterocycles. The first-order valence-corrected chi connectivity index (χ1v) is 5.96. The van der Waals surface area contributed by atoms with E-state index in [0.717, 1.165) is 39.3 Å². The van der Waals surface area contributed by atoms with Gasteiger partial charge in [0.2, 0.25) is 0 Å². The van der Waals surface area contributed by atoms with Gasteiger partial charge in [-0.3, -0.25) is 0 Å². The second-order valence-corrected chi connectivity index (χ2v) is 2.96. The number of likely N-dealkylation sites (N-methyl/N-ethyl adjacent to an activating group) is 3. The normalized spacial score (nSPS) is 9.38. The van der Waals surface area contributed by atoms with E-state index < -0.39 is 0 Å². The molecule has 16 heavy (non-hydrogen) atoms. The van der Waals surface area contributed by atoms with E-state index in [-0.39, 0.29) is 21.7 Å². The van der Waals surface area contributed by atoms with Gasteiger partial charge in [0.05, 0.1) is 0 Å². The maximum absolute atomic E-state index is 4.09. The minimum absolute atomic E-state index is 0. The average Bonchev–Trinajstić information content (AvgIpc) is 2.31.